The van der Waals surface area contributed by atoms with E-state index in [1.807, 2.05) is 12.1 Å². The molecule has 0 aromatic carbocycles. The molecule has 27 heavy (non-hydrogen) atoms. The fraction of sp³-hybridized carbons (Fsp3) is 0.632. The second kappa shape index (κ2) is 8.77. The van der Waals surface area contributed by atoms with Gasteiger partial charge in [0, 0.05) is 44.2 Å². The van der Waals surface area contributed by atoms with Crippen LogP contribution >= 0.6 is 0 Å². The molecule has 0 radical (unpaired) electrons. The van der Waals surface area contributed by atoms with Crippen molar-refractivity contribution in [3.8, 4) is 17.3 Å². The first-order valence-corrected chi connectivity index (χ1v) is 9.60. The van der Waals surface area contributed by atoms with Gasteiger partial charge in [0.05, 0.1) is 12.6 Å². The van der Waals surface area contributed by atoms with Gasteiger partial charge in [-0.3, -0.25) is 4.90 Å². The third-order valence-electron chi connectivity index (χ3n) is 5.21. The van der Waals surface area contributed by atoms with Gasteiger partial charge in [-0.05, 0) is 38.3 Å². The third-order valence-corrected chi connectivity index (χ3v) is 5.21. The maximum Gasteiger partial charge on any atom is 0.244 e. The number of pyridine rings is 1. The lowest BCUT2D eigenvalue weighted by atomic mass is 10.1. The highest BCUT2D eigenvalue weighted by atomic mass is 16.5. The van der Waals surface area contributed by atoms with Crippen LogP contribution < -0.4 is 4.74 Å². The van der Waals surface area contributed by atoms with Gasteiger partial charge < -0.3 is 18.7 Å². The molecule has 0 amide bonds. The fourth-order valence-electron chi connectivity index (χ4n) is 3.85. The largest absolute Gasteiger partial charge is 0.475 e. The molecule has 2 aliphatic rings. The minimum atomic E-state index is 0.202. The lowest BCUT2D eigenvalue weighted by molar-refractivity contribution is 0.0243. The van der Waals surface area contributed by atoms with Gasteiger partial charge in [-0.25, -0.2) is 4.98 Å². The minimum absolute atomic E-state index is 0.202. The molecule has 1 atom stereocenters. The highest BCUT2D eigenvalue weighted by molar-refractivity contribution is 5.55. The molecule has 0 spiro atoms. The molecule has 2 aliphatic heterocycles. The Morgan fingerprint density at radius 1 is 1.22 bits per heavy atom. The van der Waals surface area contributed by atoms with E-state index in [2.05, 4.69) is 20.0 Å². The van der Waals surface area contributed by atoms with Gasteiger partial charge in [-0.1, -0.05) is 5.16 Å². The molecule has 0 bridgehead atoms. The summed E-state index contributed by atoms with van der Waals surface area (Å²) in [6.07, 6.45) is 6.05. The summed E-state index contributed by atoms with van der Waals surface area (Å²) in [6.45, 7) is 3.73. The number of rotatable bonds is 7. The summed E-state index contributed by atoms with van der Waals surface area (Å²) in [5.74, 6) is 1.80. The van der Waals surface area contributed by atoms with Crippen molar-refractivity contribution in [3.63, 3.8) is 0 Å². The van der Waals surface area contributed by atoms with Crippen molar-refractivity contribution >= 4 is 0 Å². The van der Waals surface area contributed by atoms with Crippen LogP contribution in [-0.4, -0.2) is 66.1 Å². The van der Waals surface area contributed by atoms with Crippen molar-refractivity contribution in [2.75, 3.05) is 40.1 Å². The second-order valence-corrected chi connectivity index (χ2v) is 6.92. The number of methoxy groups -OCH3 is 1. The van der Waals surface area contributed by atoms with Crippen LogP contribution in [0.2, 0.25) is 0 Å². The van der Waals surface area contributed by atoms with Gasteiger partial charge in [0.15, 0.2) is 0 Å². The molecule has 2 aromatic heterocycles. The molecule has 0 unspecified atom stereocenters. The van der Waals surface area contributed by atoms with E-state index < -0.39 is 0 Å². The Morgan fingerprint density at radius 2 is 2.11 bits per heavy atom. The van der Waals surface area contributed by atoms with E-state index in [9.17, 15) is 0 Å². The summed E-state index contributed by atoms with van der Waals surface area (Å²) in [5.41, 5.74) is 0.836. The van der Waals surface area contributed by atoms with Crippen LogP contribution in [0.1, 0.15) is 37.6 Å². The standard InChI is InChI=1S/C19H26N4O4/c1-24-11-12-26-17-13-14(4-7-20-17)18-21-19(27-22-18)16-3-2-8-23(16)15-5-9-25-10-6-15/h4,7,13,15-16H,2-3,5-6,8-12H2,1H3/t16-/m1/s1. The maximum atomic E-state index is 5.65. The topological polar surface area (TPSA) is 82.7 Å². The van der Waals surface area contributed by atoms with Crippen LogP contribution in [0.5, 0.6) is 5.88 Å². The molecule has 146 valence electrons. The highest BCUT2D eigenvalue weighted by Crippen LogP contribution is 2.36. The zero-order valence-electron chi connectivity index (χ0n) is 15.7. The average Bonchev–Trinajstić information content (AvgIpc) is 3.39. The van der Waals surface area contributed by atoms with E-state index in [0.29, 0.717) is 36.9 Å². The normalized spacial score (nSPS) is 21.6. The van der Waals surface area contributed by atoms with Crippen molar-refractivity contribution in [2.24, 2.45) is 0 Å². The van der Waals surface area contributed by atoms with Crippen molar-refractivity contribution in [2.45, 2.75) is 37.8 Å². The molecule has 2 aromatic rings. The first-order chi connectivity index (χ1) is 13.3. The lowest BCUT2D eigenvalue weighted by Gasteiger charge is -2.33. The van der Waals surface area contributed by atoms with E-state index in [0.717, 1.165) is 51.0 Å². The number of likely N-dealkylation sites (tertiary alicyclic amines) is 1. The van der Waals surface area contributed by atoms with E-state index in [1.54, 1.807) is 13.3 Å². The zero-order valence-corrected chi connectivity index (χ0v) is 15.7. The Labute approximate surface area is 158 Å². The predicted molar refractivity (Wildman–Crippen MR) is 97.4 cm³/mol. The number of nitrogens with zero attached hydrogens (tertiary/aromatic N) is 4. The van der Waals surface area contributed by atoms with Gasteiger partial charge in [0.1, 0.15) is 6.61 Å². The fourth-order valence-corrected chi connectivity index (χ4v) is 3.85. The van der Waals surface area contributed by atoms with Crippen molar-refractivity contribution < 1.29 is 18.7 Å². The Balaban J connectivity index is 1.47. The molecule has 2 fully saturated rings. The summed E-state index contributed by atoms with van der Waals surface area (Å²) in [7, 11) is 1.64. The quantitative estimate of drug-likeness (QED) is 0.684. The van der Waals surface area contributed by atoms with Gasteiger partial charge in [-0.2, -0.15) is 4.98 Å². The molecule has 8 nitrogen and oxygen atoms in total. The summed E-state index contributed by atoms with van der Waals surface area (Å²) in [6, 6.07) is 4.44. The highest BCUT2D eigenvalue weighted by Gasteiger charge is 2.36. The van der Waals surface area contributed by atoms with Crippen molar-refractivity contribution in [1.82, 2.24) is 20.0 Å². The van der Waals surface area contributed by atoms with Crippen LogP contribution in [0.3, 0.4) is 0 Å². The van der Waals surface area contributed by atoms with Gasteiger partial charge in [-0.15, -0.1) is 0 Å². The Morgan fingerprint density at radius 3 is 2.96 bits per heavy atom. The van der Waals surface area contributed by atoms with E-state index in [4.69, 9.17) is 18.7 Å². The summed E-state index contributed by atoms with van der Waals surface area (Å²) in [5, 5.41) is 4.20. The van der Waals surface area contributed by atoms with E-state index in [-0.39, 0.29) is 6.04 Å². The molecule has 4 heterocycles. The number of hydrogen-bond acceptors (Lipinski definition) is 8. The molecule has 8 heteroatoms. The summed E-state index contributed by atoms with van der Waals surface area (Å²) >= 11 is 0. The average molecular weight is 374 g/mol. The van der Waals surface area contributed by atoms with Crippen molar-refractivity contribution in [1.29, 1.82) is 0 Å². The molecule has 4 rings (SSSR count). The van der Waals surface area contributed by atoms with Crippen LogP contribution in [0.15, 0.2) is 22.9 Å². The smallest absolute Gasteiger partial charge is 0.244 e. The SMILES string of the molecule is COCCOc1cc(-c2noc([C@H]3CCCN3C3CCOCC3)n2)ccn1. The number of ether oxygens (including phenoxy) is 3. The van der Waals surface area contributed by atoms with Gasteiger partial charge >= 0.3 is 0 Å². The Hall–Kier alpha value is -2.03. The van der Waals surface area contributed by atoms with Crippen LogP contribution in [0, 0.1) is 0 Å². The van der Waals surface area contributed by atoms with Crippen LogP contribution in [0.25, 0.3) is 11.4 Å². The third kappa shape index (κ3) is 4.28. The Kier molecular flexibility index (Phi) is 5.96. The molecule has 0 N–H and O–H groups in total. The lowest BCUT2D eigenvalue weighted by Crippen LogP contribution is -2.39. The summed E-state index contributed by atoms with van der Waals surface area (Å²) < 4.78 is 21.7. The summed E-state index contributed by atoms with van der Waals surface area (Å²) in [4.78, 5) is 11.4. The molecule has 2 saturated heterocycles. The minimum Gasteiger partial charge on any atom is -0.475 e. The van der Waals surface area contributed by atoms with Gasteiger partial charge in [0.2, 0.25) is 17.6 Å². The van der Waals surface area contributed by atoms with E-state index >= 15 is 0 Å². The first-order valence-electron chi connectivity index (χ1n) is 9.60. The molecule has 0 aliphatic carbocycles. The van der Waals surface area contributed by atoms with Crippen LogP contribution in [0.4, 0.5) is 0 Å². The molecular formula is C19H26N4O4. The molecular weight excluding hydrogens is 348 g/mol. The van der Waals surface area contributed by atoms with Crippen molar-refractivity contribution in [3.05, 3.63) is 24.2 Å². The van der Waals surface area contributed by atoms with Crippen LogP contribution in [-0.2, 0) is 9.47 Å². The van der Waals surface area contributed by atoms with Gasteiger partial charge in [0.25, 0.3) is 0 Å². The Bertz CT molecular complexity index is 732. The number of aromatic nitrogens is 3. The number of hydrogen-bond donors (Lipinski definition) is 0. The monoisotopic (exact) mass is 374 g/mol. The first kappa shape index (κ1) is 18.3. The van der Waals surface area contributed by atoms with E-state index in [1.165, 1.54) is 0 Å². The maximum absolute atomic E-state index is 5.65. The second-order valence-electron chi connectivity index (χ2n) is 6.92. The zero-order chi connectivity index (χ0) is 18.5. The molecule has 0 saturated carbocycles. The predicted octanol–water partition coefficient (Wildman–Crippen LogP) is 2.47.